The maximum absolute atomic E-state index is 14.1. The molecule has 0 fully saturated rings. The third kappa shape index (κ3) is 9.73. The van der Waals surface area contributed by atoms with Gasteiger partial charge in [0.05, 0.1) is 17.7 Å². The van der Waals surface area contributed by atoms with Crippen LogP contribution in [0.15, 0.2) is 69.2 Å². The molecular weight excluding hydrogens is 563 g/mol. The molecule has 0 bridgehead atoms. The van der Waals surface area contributed by atoms with Gasteiger partial charge in [0.25, 0.3) is 0 Å². The van der Waals surface area contributed by atoms with Crippen molar-refractivity contribution in [2.45, 2.75) is 75.3 Å². The van der Waals surface area contributed by atoms with E-state index < -0.39 is 35.7 Å². The Morgan fingerprint density at radius 3 is 2.44 bits per heavy atom. The lowest BCUT2D eigenvalue weighted by Crippen LogP contribution is -2.17. The van der Waals surface area contributed by atoms with Gasteiger partial charge in [-0.3, -0.25) is 0 Å². The lowest BCUT2D eigenvalue weighted by atomic mass is 9.95. The van der Waals surface area contributed by atoms with Crippen LogP contribution in [0.3, 0.4) is 0 Å². The minimum absolute atomic E-state index is 0.0407. The van der Waals surface area contributed by atoms with E-state index in [9.17, 15) is 31.5 Å². The average molecular weight is 597 g/mol. The molecule has 0 aliphatic rings. The normalized spacial score (nSPS) is 12.0. The van der Waals surface area contributed by atoms with E-state index in [1.807, 2.05) is 6.92 Å². The molecule has 0 atom stereocenters. The first-order valence-electron chi connectivity index (χ1n) is 13.5. The summed E-state index contributed by atoms with van der Waals surface area (Å²) in [6.45, 7) is 5.16. The Morgan fingerprint density at radius 1 is 0.976 bits per heavy atom. The molecule has 0 saturated heterocycles. The number of thioether (sulfide) groups is 1. The first-order chi connectivity index (χ1) is 19.4. The van der Waals surface area contributed by atoms with Crippen molar-refractivity contribution < 1.29 is 35.9 Å². The monoisotopic (exact) mass is 596 g/mol. The van der Waals surface area contributed by atoms with Gasteiger partial charge in [0.1, 0.15) is 5.58 Å². The summed E-state index contributed by atoms with van der Waals surface area (Å²) in [6, 6.07) is 10.4. The standard InChI is InChI=1S/C31H33F5O4S/c1-3-5-6-9-21-10-13-24(26(18-21)31(34,35)36)25-19-22-11-12-23(20-27(22)40-29(25)38)41-17-8-15-30(32,33)14-7-16-39-28(37)4-2/h4,10-13,18-20H,2-3,5-9,14-17H2,1H3. The third-order valence-corrected chi connectivity index (χ3v) is 7.59. The fraction of sp³-hybridized carbons (Fsp3) is 0.419. The van der Waals surface area contributed by atoms with E-state index in [-0.39, 0.29) is 42.6 Å². The minimum Gasteiger partial charge on any atom is -0.463 e. The van der Waals surface area contributed by atoms with Gasteiger partial charge in [0.2, 0.25) is 5.92 Å². The molecule has 0 saturated carbocycles. The van der Waals surface area contributed by atoms with Crippen molar-refractivity contribution in [1.29, 1.82) is 0 Å². The molecule has 1 heterocycles. The Balaban J connectivity index is 1.67. The summed E-state index contributed by atoms with van der Waals surface area (Å²) in [5.74, 6) is -3.16. The molecule has 0 N–H and O–H groups in total. The molecule has 4 nitrogen and oxygen atoms in total. The Morgan fingerprint density at radius 2 is 1.73 bits per heavy atom. The molecule has 2 aromatic carbocycles. The quantitative estimate of drug-likeness (QED) is 0.0437. The number of hydrogen-bond donors (Lipinski definition) is 0. The predicted octanol–water partition coefficient (Wildman–Crippen LogP) is 9.23. The van der Waals surface area contributed by atoms with Crippen LogP contribution in [0.25, 0.3) is 22.1 Å². The highest BCUT2D eigenvalue weighted by molar-refractivity contribution is 7.99. The number of esters is 1. The summed E-state index contributed by atoms with van der Waals surface area (Å²) >= 11 is 1.31. The summed E-state index contributed by atoms with van der Waals surface area (Å²) in [7, 11) is 0. The molecule has 0 spiro atoms. The first kappa shape index (κ1) is 32.4. The van der Waals surface area contributed by atoms with Gasteiger partial charge in [-0.25, -0.2) is 18.4 Å². The van der Waals surface area contributed by atoms with Gasteiger partial charge in [-0.15, -0.1) is 11.8 Å². The van der Waals surface area contributed by atoms with Gasteiger partial charge in [0, 0.05) is 34.8 Å². The molecule has 0 amide bonds. The molecule has 41 heavy (non-hydrogen) atoms. The highest BCUT2D eigenvalue weighted by Gasteiger charge is 2.35. The number of rotatable bonds is 15. The second-order valence-corrected chi connectivity index (χ2v) is 10.9. The highest BCUT2D eigenvalue weighted by Crippen LogP contribution is 2.38. The highest BCUT2D eigenvalue weighted by atomic mass is 32.2. The zero-order valence-corrected chi connectivity index (χ0v) is 23.6. The van der Waals surface area contributed by atoms with E-state index >= 15 is 0 Å². The van der Waals surface area contributed by atoms with Crippen molar-refractivity contribution >= 4 is 28.7 Å². The molecule has 10 heteroatoms. The van der Waals surface area contributed by atoms with E-state index in [2.05, 4.69) is 6.58 Å². The zero-order valence-electron chi connectivity index (χ0n) is 22.8. The number of carbonyl (C=O) groups is 1. The molecular formula is C31H33F5O4S. The van der Waals surface area contributed by atoms with Crippen LogP contribution in [0.1, 0.15) is 63.0 Å². The van der Waals surface area contributed by atoms with Crippen molar-refractivity contribution in [1.82, 2.24) is 0 Å². The fourth-order valence-corrected chi connectivity index (χ4v) is 5.25. The van der Waals surface area contributed by atoms with Crippen LogP contribution in [-0.2, 0) is 22.1 Å². The molecule has 3 aromatic rings. The number of hydrogen-bond acceptors (Lipinski definition) is 5. The number of halogens is 5. The molecule has 0 radical (unpaired) electrons. The van der Waals surface area contributed by atoms with Gasteiger partial charge in [-0.05, 0) is 61.3 Å². The van der Waals surface area contributed by atoms with Crippen molar-refractivity contribution in [2.75, 3.05) is 12.4 Å². The van der Waals surface area contributed by atoms with E-state index in [1.165, 1.54) is 23.9 Å². The maximum Gasteiger partial charge on any atom is 0.417 e. The average Bonchev–Trinajstić information content (AvgIpc) is 2.92. The van der Waals surface area contributed by atoms with Crippen molar-refractivity contribution in [2.24, 2.45) is 0 Å². The Kier molecular flexibility index (Phi) is 11.6. The maximum atomic E-state index is 14.1. The van der Waals surface area contributed by atoms with E-state index in [0.717, 1.165) is 31.4 Å². The number of fused-ring (bicyclic) bond motifs is 1. The van der Waals surface area contributed by atoms with Crippen LogP contribution >= 0.6 is 11.8 Å². The van der Waals surface area contributed by atoms with Gasteiger partial charge < -0.3 is 9.15 Å². The fourth-order valence-electron chi connectivity index (χ4n) is 4.37. The van der Waals surface area contributed by atoms with Gasteiger partial charge in [0.15, 0.2) is 0 Å². The summed E-state index contributed by atoms with van der Waals surface area (Å²) in [5.41, 5.74) is -1.40. The number of ether oxygens (including phenoxy) is 1. The SMILES string of the molecule is C=CC(=O)OCCCC(F)(F)CCCSc1ccc2cc(-c3ccc(CCCCC)cc3C(F)(F)F)c(=O)oc2c1. The molecule has 1 aromatic heterocycles. The molecule has 3 rings (SSSR count). The van der Waals surface area contributed by atoms with Crippen molar-refractivity contribution in [3.63, 3.8) is 0 Å². The minimum atomic E-state index is -4.65. The number of carbonyl (C=O) groups excluding carboxylic acids is 1. The number of unbranched alkanes of at least 4 members (excludes halogenated alkanes) is 2. The van der Waals surface area contributed by atoms with Crippen LogP contribution < -0.4 is 5.63 Å². The summed E-state index contributed by atoms with van der Waals surface area (Å²) in [6.07, 6.45) is -0.964. The van der Waals surface area contributed by atoms with Crippen molar-refractivity contribution in [3.8, 4) is 11.1 Å². The summed E-state index contributed by atoms with van der Waals surface area (Å²) < 4.78 is 80.1. The number of benzene rings is 2. The first-order valence-corrected chi connectivity index (χ1v) is 14.5. The molecule has 0 unspecified atom stereocenters. The summed E-state index contributed by atoms with van der Waals surface area (Å²) in [4.78, 5) is 24.4. The van der Waals surface area contributed by atoms with Gasteiger partial charge in [-0.1, -0.05) is 44.5 Å². The summed E-state index contributed by atoms with van der Waals surface area (Å²) in [5, 5.41) is 0.452. The molecule has 222 valence electrons. The Labute approximate surface area is 240 Å². The van der Waals surface area contributed by atoms with Crippen LogP contribution in [-0.4, -0.2) is 24.3 Å². The van der Waals surface area contributed by atoms with Gasteiger partial charge >= 0.3 is 17.8 Å². The van der Waals surface area contributed by atoms with E-state index in [0.29, 0.717) is 28.0 Å². The van der Waals surface area contributed by atoms with Crippen molar-refractivity contribution in [3.05, 3.63) is 76.7 Å². The zero-order chi connectivity index (χ0) is 30.0. The second-order valence-electron chi connectivity index (χ2n) is 9.77. The number of aryl methyl sites for hydroxylation is 1. The lowest BCUT2D eigenvalue weighted by Gasteiger charge is -2.16. The predicted molar refractivity (Wildman–Crippen MR) is 151 cm³/mol. The van der Waals surface area contributed by atoms with Gasteiger partial charge in [-0.2, -0.15) is 13.2 Å². The molecule has 0 aliphatic carbocycles. The van der Waals surface area contributed by atoms with Crippen LogP contribution in [0, 0.1) is 0 Å². The lowest BCUT2D eigenvalue weighted by molar-refractivity contribution is -0.138. The topological polar surface area (TPSA) is 56.5 Å². The smallest absolute Gasteiger partial charge is 0.417 e. The van der Waals surface area contributed by atoms with E-state index in [1.54, 1.807) is 24.3 Å². The Bertz CT molecular complexity index is 1400. The second kappa shape index (κ2) is 14.7. The van der Waals surface area contributed by atoms with E-state index in [4.69, 9.17) is 9.15 Å². The third-order valence-electron chi connectivity index (χ3n) is 6.51. The largest absolute Gasteiger partial charge is 0.463 e. The van der Waals surface area contributed by atoms with Crippen LogP contribution in [0.5, 0.6) is 0 Å². The van der Waals surface area contributed by atoms with Crippen LogP contribution in [0.2, 0.25) is 0 Å². The van der Waals surface area contributed by atoms with Crippen LogP contribution in [0.4, 0.5) is 22.0 Å². The Hall–Kier alpha value is -3.14. The molecule has 0 aliphatic heterocycles. The number of alkyl halides is 5.